The molecule has 0 saturated heterocycles. The van der Waals surface area contributed by atoms with Gasteiger partial charge in [0.05, 0.1) is 5.69 Å². The fourth-order valence-corrected chi connectivity index (χ4v) is 2.28. The van der Waals surface area contributed by atoms with Gasteiger partial charge >= 0.3 is 0 Å². The van der Waals surface area contributed by atoms with Gasteiger partial charge < -0.3 is 5.73 Å². The monoisotopic (exact) mass is 289 g/mol. The molecule has 0 bridgehead atoms. The van der Waals surface area contributed by atoms with Crippen molar-refractivity contribution >= 4 is 11.6 Å². The maximum atomic E-state index is 6.04. The molecule has 0 radical (unpaired) electrons. The van der Waals surface area contributed by atoms with Crippen molar-refractivity contribution in [1.82, 2.24) is 9.88 Å². The molecule has 1 aromatic carbocycles. The van der Waals surface area contributed by atoms with E-state index < -0.39 is 0 Å². The molecule has 0 amide bonds. The number of rotatable bonds is 5. The van der Waals surface area contributed by atoms with Gasteiger partial charge in [-0.05, 0) is 43.3 Å². The first-order valence-electron chi connectivity index (χ1n) is 6.69. The summed E-state index contributed by atoms with van der Waals surface area (Å²) in [6.45, 7) is 3.49. The number of hydrogen-bond acceptors (Lipinski definition) is 3. The molecule has 1 heterocycles. The van der Waals surface area contributed by atoms with Gasteiger partial charge in [0, 0.05) is 30.4 Å². The first-order valence-corrected chi connectivity index (χ1v) is 7.07. The van der Waals surface area contributed by atoms with Gasteiger partial charge in [0.15, 0.2) is 0 Å². The van der Waals surface area contributed by atoms with Crippen LogP contribution in [0.15, 0.2) is 42.6 Å². The second-order valence-electron chi connectivity index (χ2n) is 5.01. The molecular weight excluding hydrogens is 270 g/mol. The Morgan fingerprint density at radius 1 is 1.30 bits per heavy atom. The standard InChI is InChI=1S/C16H20ClN3/c1-12(14-4-3-5-15(17)8-14)20(2)11-16-7-6-13(9-18)10-19-16/h3-8,10,12H,9,11,18H2,1-2H3. The molecule has 2 aromatic rings. The van der Waals surface area contributed by atoms with Crippen LogP contribution in [0.5, 0.6) is 0 Å². The van der Waals surface area contributed by atoms with Crippen molar-refractivity contribution in [3.05, 3.63) is 64.4 Å². The molecule has 0 fully saturated rings. The number of nitrogens with zero attached hydrogens (tertiary/aromatic N) is 2. The Labute approximate surface area is 125 Å². The van der Waals surface area contributed by atoms with E-state index in [2.05, 4.69) is 29.9 Å². The van der Waals surface area contributed by atoms with Crippen LogP contribution >= 0.6 is 11.6 Å². The molecule has 2 N–H and O–H groups in total. The van der Waals surface area contributed by atoms with Crippen LogP contribution in [0.1, 0.15) is 29.8 Å². The third kappa shape index (κ3) is 3.79. The quantitative estimate of drug-likeness (QED) is 0.917. The minimum absolute atomic E-state index is 0.282. The summed E-state index contributed by atoms with van der Waals surface area (Å²) in [5.41, 5.74) is 8.88. The zero-order valence-electron chi connectivity index (χ0n) is 11.9. The lowest BCUT2D eigenvalue weighted by Crippen LogP contribution is -2.22. The lowest BCUT2D eigenvalue weighted by Gasteiger charge is -2.25. The van der Waals surface area contributed by atoms with Crippen molar-refractivity contribution in [3.63, 3.8) is 0 Å². The van der Waals surface area contributed by atoms with Gasteiger partial charge in [0.25, 0.3) is 0 Å². The van der Waals surface area contributed by atoms with E-state index in [9.17, 15) is 0 Å². The molecule has 3 nitrogen and oxygen atoms in total. The summed E-state index contributed by atoms with van der Waals surface area (Å²) < 4.78 is 0. The number of hydrogen-bond donors (Lipinski definition) is 1. The van der Waals surface area contributed by atoms with Gasteiger partial charge in [-0.3, -0.25) is 9.88 Å². The molecule has 0 aliphatic carbocycles. The smallest absolute Gasteiger partial charge is 0.0544 e. The SMILES string of the molecule is CC(c1cccc(Cl)c1)N(C)Cc1ccc(CN)cn1. The second kappa shape index (κ2) is 6.84. The average molecular weight is 290 g/mol. The molecule has 1 unspecified atom stereocenters. The predicted octanol–water partition coefficient (Wildman–Crippen LogP) is 3.39. The van der Waals surface area contributed by atoms with Gasteiger partial charge in [-0.15, -0.1) is 0 Å². The largest absolute Gasteiger partial charge is 0.326 e. The van der Waals surface area contributed by atoms with Crippen molar-refractivity contribution in [2.75, 3.05) is 7.05 Å². The lowest BCUT2D eigenvalue weighted by molar-refractivity contribution is 0.250. The molecule has 0 aliphatic rings. The van der Waals surface area contributed by atoms with Gasteiger partial charge in [-0.1, -0.05) is 29.8 Å². The Bertz CT molecular complexity index is 554. The normalized spacial score (nSPS) is 12.7. The third-order valence-corrected chi connectivity index (χ3v) is 3.76. The van der Waals surface area contributed by atoms with Crippen LogP contribution in [0.3, 0.4) is 0 Å². The number of nitrogens with two attached hydrogens (primary N) is 1. The number of aromatic nitrogens is 1. The lowest BCUT2D eigenvalue weighted by atomic mass is 10.1. The van der Waals surface area contributed by atoms with E-state index in [0.717, 1.165) is 22.8 Å². The van der Waals surface area contributed by atoms with Crippen LogP contribution in [0.4, 0.5) is 0 Å². The Hall–Kier alpha value is -1.42. The molecule has 0 aliphatic heterocycles. The summed E-state index contributed by atoms with van der Waals surface area (Å²) in [6, 6.07) is 12.3. The van der Waals surface area contributed by atoms with E-state index >= 15 is 0 Å². The summed E-state index contributed by atoms with van der Waals surface area (Å²) in [4.78, 5) is 6.68. The number of pyridine rings is 1. The van der Waals surface area contributed by atoms with E-state index in [4.69, 9.17) is 17.3 Å². The van der Waals surface area contributed by atoms with Crippen molar-refractivity contribution in [2.45, 2.75) is 26.1 Å². The summed E-state index contributed by atoms with van der Waals surface area (Å²) in [7, 11) is 2.09. The summed E-state index contributed by atoms with van der Waals surface area (Å²) in [5, 5.41) is 0.771. The van der Waals surface area contributed by atoms with E-state index in [-0.39, 0.29) is 6.04 Å². The highest BCUT2D eigenvalue weighted by Crippen LogP contribution is 2.22. The van der Waals surface area contributed by atoms with Gasteiger partial charge in [-0.25, -0.2) is 0 Å². The molecule has 1 aromatic heterocycles. The Kier molecular flexibility index (Phi) is 5.12. The van der Waals surface area contributed by atoms with E-state index in [1.165, 1.54) is 5.56 Å². The van der Waals surface area contributed by atoms with Gasteiger partial charge in [-0.2, -0.15) is 0 Å². The highest BCUT2D eigenvalue weighted by Gasteiger charge is 2.12. The van der Waals surface area contributed by atoms with Gasteiger partial charge in [0.2, 0.25) is 0 Å². The van der Waals surface area contributed by atoms with Crippen LogP contribution in [0, 0.1) is 0 Å². The maximum absolute atomic E-state index is 6.04. The molecule has 20 heavy (non-hydrogen) atoms. The van der Waals surface area contributed by atoms with E-state index in [1.807, 2.05) is 36.5 Å². The zero-order valence-corrected chi connectivity index (χ0v) is 12.6. The van der Waals surface area contributed by atoms with Crippen molar-refractivity contribution in [3.8, 4) is 0 Å². The highest BCUT2D eigenvalue weighted by molar-refractivity contribution is 6.30. The van der Waals surface area contributed by atoms with Gasteiger partial charge in [0.1, 0.15) is 0 Å². The Morgan fingerprint density at radius 3 is 2.70 bits per heavy atom. The number of benzene rings is 1. The fraction of sp³-hybridized carbons (Fsp3) is 0.312. The van der Waals surface area contributed by atoms with E-state index in [1.54, 1.807) is 0 Å². The molecule has 0 spiro atoms. The minimum atomic E-state index is 0.282. The molecule has 4 heteroatoms. The highest BCUT2D eigenvalue weighted by atomic mass is 35.5. The topological polar surface area (TPSA) is 42.1 Å². The first kappa shape index (κ1) is 15.0. The van der Waals surface area contributed by atoms with E-state index in [0.29, 0.717) is 6.54 Å². The fourth-order valence-electron chi connectivity index (χ4n) is 2.08. The molecule has 106 valence electrons. The molecule has 1 atom stereocenters. The molecular formula is C16H20ClN3. The van der Waals surface area contributed by atoms with Crippen LogP contribution in [-0.2, 0) is 13.1 Å². The molecule has 2 rings (SSSR count). The van der Waals surface area contributed by atoms with Crippen molar-refractivity contribution < 1.29 is 0 Å². The van der Waals surface area contributed by atoms with Crippen LogP contribution in [0.25, 0.3) is 0 Å². The second-order valence-corrected chi connectivity index (χ2v) is 5.44. The predicted molar refractivity (Wildman–Crippen MR) is 83.5 cm³/mol. The average Bonchev–Trinajstić information content (AvgIpc) is 2.47. The van der Waals surface area contributed by atoms with Crippen molar-refractivity contribution in [1.29, 1.82) is 0 Å². The third-order valence-electron chi connectivity index (χ3n) is 3.53. The number of halogens is 1. The zero-order chi connectivity index (χ0) is 14.5. The van der Waals surface area contributed by atoms with Crippen LogP contribution in [0.2, 0.25) is 5.02 Å². The Balaban J connectivity index is 2.04. The van der Waals surface area contributed by atoms with Crippen LogP contribution in [-0.4, -0.2) is 16.9 Å². The summed E-state index contributed by atoms with van der Waals surface area (Å²) in [6.07, 6.45) is 1.84. The summed E-state index contributed by atoms with van der Waals surface area (Å²) >= 11 is 6.04. The Morgan fingerprint density at radius 2 is 2.10 bits per heavy atom. The minimum Gasteiger partial charge on any atom is -0.326 e. The first-order chi connectivity index (χ1) is 9.60. The van der Waals surface area contributed by atoms with Crippen molar-refractivity contribution in [2.24, 2.45) is 5.73 Å². The van der Waals surface area contributed by atoms with Crippen LogP contribution < -0.4 is 5.73 Å². The summed E-state index contributed by atoms with van der Waals surface area (Å²) in [5.74, 6) is 0. The molecule has 0 saturated carbocycles. The maximum Gasteiger partial charge on any atom is 0.0544 e.